The van der Waals surface area contributed by atoms with Crippen LogP contribution in [-0.4, -0.2) is 79.3 Å². The molecule has 3 heterocycles. The van der Waals surface area contributed by atoms with Crippen molar-refractivity contribution < 1.29 is 14.3 Å². The third-order valence-electron chi connectivity index (χ3n) is 7.78. The fourth-order valence-electron chi connectivity index (χ4n) is 5.91. The summed E-state index contributed by atoms with van der Waals surface area (Å²) in [7, 11) is 5.28. The number of aromatic amines is 1. The molecule has 3 aliphatic rings. The van der Waals surface area contributed by atoms with Crippen LogP contribution in [0.25, 0.3) is 22.6 Å². The number of amides is 1. The van der Waals surface area contributed by atoms with Gasteiger partial charge >= 0.3 is 0 Å². The molecule has 1 saturated carbocycles. The predicted octanol–water partition coefficient (Wildman–Crippen LogP) is 3.81. The number of anilines is 2. The summed E-state index contributed by atoms with van der Waals surface area (Å²) in [5, 5.41) is 4.09. The van der Waals surface area contributed by atoms with E-state index >= 15 is 0 Å². The SMILES string of the molecule is COc1cc(N2CCOCC2)ccc1-c1nc2c(N[C@H]3[C@@H](C(=O)N(C)C)[C@@H]4C=C[C@H]3C4)c(Cl)cnc2[nH]1. The Morgan fingerprint density at radius 2 is 2.03 bits per heavy atom. The van der Waals surface area contributed by atoms with E-state index in [1.54, 1.807) is 18.2 Å². The molecule has 194 valence electrons. The van der Waals surface area contributed by atoms with Gasteiger partial charge in [0.15, 0.2) is 5.65 Å². The normalized spacial score (nSPS) is 24.6. The van der Waals surface area contributed by atoms with Crippen LogP contribution in [-0.2, 0) is 9.53 Å². The van der Waals surface area contributed by atoms with Crippen molar-refractivity contribution in [1.82, 2.24) is 19.9 Å². The first-order valence-electron chi connectivity index (χ1n) is 12.7. The lowest BCUT2D eigenvalue weighted by molar-refractivity contribution is -0.133. The standard InChI is InChI=1S/C27H31ClN6O3/c1-33(2)27(35)21-15-4-5-16(12-15)22(21)30-23-19(28)14-29-26-24(23)31-25(32-26)18-7-6-17(13-20(18)36-3)34-8-10-37-11-9-34/h4-7,13-16,21-22H,8-12H2,1-3H3,(H2,29,30,31,32)/t15-,16+,21+,22-/m1/s1. The number of ether oxygens (including phenoxy) is 2. The Morgan fingerprint density at radius 1 is 1.24 bits per heavy atom. The lowest BCUT2D eigenvalue weighted by Gasteiger charge is -2.31. The molecule has 1 aliphatic heterocycles. The Morgan fingerprint density at radius 3 is 2.78 bits per heavy atom. The Hall–Kier alpha value is -3.30. The first-order valence-corrected chi connectivity index (χ1v) is 13.0. The molecule has 2 N–H and O–H groups in total. The Balaban J connectivity index is 1.35. The number of methoxy groups -OCH3 is 1. The van der Waals surface area contributed by atoms with E-state index in [0.29, 0.717) is 27.7 Å². The number of allylic oxidation sites excluding steroid dienone is 1. The van der Waals surface area contributed by atoms with Crippen LogP contribution in [0.1, 0.15) is 6.42 Å². The van der Waals surface area contributed by atoms with Crippen molar-refractivity contribution in [2.45, 2.75) is 12.5 Å². The second kappa shape index (κ2) is 9.54. The second-order valence-corrected chi connectivity index (χ2v) is 10.5. The molecule has 0 radical (unpaired) electrons. The number of benzene rings is 1. The maximum atomic E-state index is 13.0. The van der Waals surface area contributed by atoms with E-state index in [-0.39, 0.29) is 29.7 Å². The third-order valence-corrected chi connectivity index (χ3v) is 8.07. The van der Waals surface area contributed by atoms with Crippen molar-refractivity contribution in [1.29, 1.82) is 0 Å². The van der Waals surface area contributed by atoms with Crippen LogP contribution in [0.4, 0.5) is 11.4 Å². The van der Waals surface area contributed by atoms with E-state index in [1.807, 2.05) is 26.2 Å². The molecule has 9 nitrogen and oxygen atoms in total. The van der Waals surface area contributed by atoms with Gasteiger partial charge in [0.05, 0.1) is 48.7 Å². The highest BCUT2D eigenvalue weighted by molar-refractivity contribution is 6.34. The summed E-state index contributed by atoms with van der Waals surface area (Å²) in [6.45, 7) is 3.13. The number of morpholine rings is 1. The average molecular weight is 523 g/mol. The summed E-state index contributed by atoms with van der Waals surface area (Å²) in [4.78, 5) is 29.8. The summed E-state index contributed by atoms with van der Waals surface area (Å²) < 4.78 is 11.2. The number of aromatic nitrogens is 3. The smallest absolute Gasteiger partial charge is 0.227 e. The van der Waals surface area contributed by atoms with E-state index in [0.717, 1.165) is 49.7 Å². The Bertz CT molecular complexity index is 1370. The molecule has 2 aliphatic carbocycles. The van der Waals surface area contributed by atoms with Gasteiger partial charge < -0.3 is 29.6 Å². The van der Waals surface area contributed by atoms with Crippen molar-refractivity contribution in [2.24, 2.45) is 17.8 Å². The van der Waals surface area contributed by atoms with Gasteiger partial charge in [-0.2, -0.15) is 0 Å². The van der Waals surface area contributed by atoms with Gasteiger partial charge in [0.25, 0.3) is 0 Å². The lowest BCUT2D eigenvalue weighted by atomic mass is 9.87. The highest BCUT2D eigenvalue weighted by Crippen LogP contribution is 2.47. The number of rotatable bonds is 6. The molecule has 6 rings (SSSR count). The van der Waals surface area contributed by atoms with Crippen molar-refractivity contribution in [3.8, 4) is 17.1 Å². The number of hydrogen-bond donors (Lipinski definition) is 2. The van der Waals surface area contributed by atoms with E-state index in [2.05, 4.69) is 38.4 Å². The molecule has 10 heteroatoms. The topological polar surface area (TPSA) is 95.6 Å². The minimum atomic E-state index is -0.143. The summed E-state index contributed by atoms with van der Waals surface area (Å²) in [5.41, 5.74) is 3.88. The molecule has 1 aromatic carbocycles. The quantitative estimate of drug-likeness (QED) is 0.475. The highest BCUT2D eigenvalue weighted by Gasteiger charge is 2.49. The number of halogens is 1. The predicted molar refractivity (Wildman–Crippen MR) is 144 cm³/mol. The van der Waals surface area contributed by atoms with E-state index in [4.69, 9.17) is 26.1 Å². The number of nitrogens with one attached hydrogen (secondary N) is 2. The lowest BCUT2D eigenvalue weighted by Crippen LogP contribution is -2.43. The molecule has 2 fully saturated rings. The molecule has 0 spiro atoms. The molecule has 1 amide bonds. The molecule has 2 bridgehead atoms. The zero-order chi connectivity index (χ0) is 25.7. The van der Waals surface area contributed by atoms with Crippen LogP contribution in [0.3, 0.4) is 0 Å². The average Bonchev–Trinajstić information content (AvgIpc) is 3.65. The molecule has 4 atom stereocenters. The van der Waals surface area contributed by atoms with Crippen LogP contribution >= 0.6 is 11.6 Å². The van der Waals surface area contributed by atoms with E-state index < -0.39 is 0 Å². The van der Waals surface area contributed by atoms with Crippen LogP contribution in [0.5, 0.6) is 5.75 Å². The van der Waals surface area contributed by atoms with Gasteiger partial charge in [0.1, 0.15) is 17.1 Å². The number of carbonyl (C=O) groups excluding carboxylic acids is 1. The monoisotopic (exact) mass is 522 g/mol. The number of carbonyl (C=O) groups is 1. The van der Waals surface area contributed by atoms with Crippen LogP contribution in [0.2, 0.25) is 5.02 Å². The van der Waals surface area contributed by atoms with Crippen molar-refractivity contribution in [2.75, 3.05) is 57.7 Å². The van der Waals surface area contributed by atoms with Gasteiger partial charge in [-0.25, -0.2) is 9.97 Å². The maximum absolute atomic E-state index is 13.0. The number of H-pyrrole nitrogens is 1. The molecule has 1 saturated heterocycles. The number of nitrogens with zero attached hydrogens (tertiary/aromatic N) is 4. The van der Waals surface area contributed by atoms with Crippen molar-refractivity contribution in [3.05, 3.63) is 41.6 Å². The fraction of sp³-hybridized carbons (Fsp3) is 0.444. The van der Waals surface area contributed by atoms with E-state index in [9.17, 15) is 4.79 Å². The Kier molecular flexibility index (Phi) is 6.20. The van der Waals surface area contributed by atoms with E-state index in [1.165, 1.54) is 0 Å². The minimum Gasteiger partial charge on any atom is -0.496 e. The van der Waals surface area contributed by atoms with Crippen molar-refractivity contribution in [3.63, 3.8) is 0 Å². The van der Waals surface area contributed by atoms with Crippen LogP contribution < -0.4 is 15.0 Å². The van der Waals surface area contributed by atoms with Crippen LogP contribution in [0.15, 0.2) is 36.5 Å². The van der Waals surface area contributed by atoms with Crippen molar-refractivity contribution >= 4 is 40.0 Å². The summed E-state index contributed by atoms with van der Waals surface area (Å²) in [5.74, 6) is 1.85. The minimum absolute atomic E-state index is 0.0597. The van der Waals surface area contributed by atoms with Crippen LogP contribution in [0, 0.1) is 17.8 Å². The fourth-order valence-corrected chi connectivity index (χ4v) is 6.10. The van der Waals surface area contributed by atoms with Gasteiger partial charge in [0.2, 0.25) is 5.91 Å². The first-order chi connectivity index (χ1) is 17.9. The molecule has 2 aromatic heterocycles. The van der Waals surface area contributed by atoms with Gasteiger partial charge in [-0.1, -0.05) is 23.8 Å². The summed E-state index contributed by atoms with van der Waals surface area (Å²) in [6, 6.07) is 6.07. The molecular formula is C27H31ClN6O3. The first kappa shape index (κ1) is 24.1. The second-order valence-electron chi connectivity index (χ2n) is 10.1. The number of hydrogen-bond acceptors (Lipinski definition) is 7. The number of fused-ring (bicyclic) bond motifs is 3. The van der Waals surface area contributed by atoms with Gasteiger partial charge in [-0.3, -0.25) is 4.79 Å². The third kappa shape index (κ3) is 4.20. The van der Waals surface area contributed by atoms with Gasteiger partial charge in [-0.05, 0) is 30.4 Å². The largest absolute Gasteiger partial charge is 0.496 e. The molecule has 0 unspecified atom stereocenters. The van der Waals surface area contributed by atoms with Gasteiger partial charge in [0, 0.05) is 45.0 Å². The zero-order valence-corrected chi connectivity index (χ0v) is 22.0. The number of imidazole rings is 1. The molecule has 3 aromatic rings. The summed E-state index contributed by atoms with van der Waals surface area (Å²) in [6.07, 6.45) is 6.98. The maximum Gasteiger partial charge on any atom is 0.227 e. The molecule has 37 heavy (non-hydrogen) atoms. The molecular weight excluding hydrogens is 492 g/mol. The summed E-state index contributed by atoms with van der Waals surface area (Å²) >= 11 is 6.66. The zero-order valence-electron chi connectivity index (χ0n) is 21.2. The Labute approximate surface area is 220 Å². The number of pyridine rings is 1. The highest BCUT2D eigenvalue weighted by atomic mass is 35.5. The van der Waals surface area contributed by atoms with Gasteiger partial charge in [-0.15, -0.1) is 0 Å².